The first-order valence-electron chi connectivity index (χ1n) is 15.8. The van der Waals surface area contributed by atoms with Gasteiger partial charge in [-0.25, -0.2) is 0 Å². The number of amides is 1. The minimum absolute atomic E-state index is 0.00680. The number of hydrogen-bond donors (Lipinski definition) is 1. The Labute approximate surface area is 242 Å². The molecule has 5 nitrogen and oxygen atoms in total. The summed E-state index contributed by atoms with van der Waals surface area (Å²) in [5.41, 5.74) is 1.05. The Balaban J connectivity index is 1.51. The third-order valence-corrected chi connectivity index (χ3v) is 13.9. The van der Waals surface area contributed by atoms with Crippen LogP contribution in [0.1, 0.15) is 106 Å². The molecule has 0 saturated heterocycles. The molecule has 40 heavy (non-hydrogen) atoms. The van der Waals surface area contributed by atoms with E-state index in [1.165, 1.54) is 5.57 Å². The first-order chi connectivity index (χ1) is 18.7. The Bertz CT molecular complexity index is 1160. The van der Waals surface area contributed by atoms with Crippen LogP contribution < -0.4 is 5.32 Å². The Morgan fingerprint density at radius 2 is 1.75 bits per heavy atom. The molecule has 0 bridgehead atoms. The smallest absolute Gasteiger partial charge is 0.326 e. The molecule has 0 aromatic carbocycles. The molecule has 4 fully saturated rings. The zero-order valence-corrected chi connectivity index (χ0v) is 26.0. The van der Waals surface area contributed by atoms with Crippen molar-refractivity contribution < 1.29 is 19.1 Å². The van der Waals surface area contributed by atoms with Crippen molar-refractivity contribution in [2.75, 3.05) is 13.2 Å². The molecule has 220 valence electrons. The SMILES string of the molecule is C#CCOC(=O)CNC(=O)[C@]12CC[C@@H](C)[C@H](C)[C@H]1C1=CC[C@@H]3[C@@]4(C)CCC(=O)C(C)(C)[C@@H]4CC[C@@]3(C)[C@]1(C)CC2. The number of carbonyl (C=O) groups is 3. The number of rotatable bonds is 4. The molecule has 0 aromatic rings. The second-order valence-electron chi connectivity index (χ2n) is 15.5. The third-order valence-electron chi connectivity index (χ3n) is 13.9. The first kappa shape index (κ1) is 29.4. The fourth-order valence-corrected chi connectivity index (χ4v) is 11.2. The summed E-state index contributed by atoms with van der Waals surface area (Å²) in [6.07, 6.45) is 16.5. The summed E-state index contributed by atoms with van der Waals surface area (Å²) >= 11 is 0. The predicted molar refractivity (Wildman–Crippen MR) is 157 cm³/mol. The molecule has 0 aromatic heterocycles. The second kappa shape index (κ2) is 9.74. The standard InChI is InChI=1S/C35H51NO4/c1-9-20-40-28(38)21-36-30(39)35-17-12-22(2)23(3)29(35)24-10-11-26-32(6)15-14-27(37)31(4,5)25(32)13-16-34(26,8)33(24,7)18-19-35/h1,10,22-23,25-26,29H,11-21H2,2-8H3,(H,36,39)/t22-,23+,25+,26-,29+,32+,33-,34-,35+/m1/s1. The monoisotopic (exact) mass is 549 g/mol. The Hall–Kier alpha value is -2.09. The summed E-state index contributed by atoms with van der Waals surface area (Å²) in [7, 11) is 0. The lowest BCUT2D eigenvalue weighted by Crippen LogP contribution is -2.65. The number of nitrogens with one attached hydrogen (secondary N) is 1. The molecule has 0 heterocycles. The van der Waals surface area contributed by atoms with E-state index in [-0.39, 0.29) is 46.6 Å². The fraction of sp³-hybridized carbons (Fsp3) is 0.800. The van der Waals surface area contributed by atoms with Crippen LogP contribution in [0.4, 0.5) is 0 Å². The van der Waals surface area contributed by atoms with Crippen LogP contribution in [0.2, 0.25) is 0 Å². The fourth-order valence-electron chi connectivity index (χ4n) is 11.2. The van der Waals surface area contributed by atoms with Crippen molar-refractivity contribution in [3.8, 4) is 12.3 Å². The van der Waals surface area contributed by atoms with Crippen LogP contribution in [-0.4, -0.2) is 30.8 Å². The van der Waals surface area contributed by atoms with Crippen LogP contribution in [0, 0.1) is 69.0 Å². The lowest BCUT2D eigenvalue weighted by molar-refractivity contribution is -0.187. The molecule has 5 aliphatic rings. The van der Waals surface area contributed by atoms with Gasteiger partial charge < -0.3 is 10.1 Å². The first-order valence-corrected chi connectivity index (χ1v) is 15.8. The van der Waals surface area contributed by atoms with Crippen LogP contribution >= 0.6 is 0 Å². The highest BCUT2D eigenvalue weighted by molar-refractivity contribution is 5.87. The second-order valence-corrected chi connectivity index (χ2v) is 15.5. The van der Waals surface area contributed by atoms with Gasteiger partial charge in [-0.05, 0) is 97.2 Å². The van der Waals surface area contributed by atoms with Crippen LogP contribution in [-0.2, 0) is 19.1 Å². The van der Waals surface area contributed by atoms with Crippen molar-refractivity contribution in [1.82, 2.24) is 5.32 Å². The quantitative estimate of drug-likeness (QED) is 0.247. The van der Waals surface area contributed by atoms with Crippen LogP contribution in [0.15, 0.2) is 11.6 Å². The molecule has 0 radical (unpaired) electrons. The van der Waals surface area contributed by atoms with Gasteiger partial charge in [-0.15, -0.1) is 6.42 Å². The van der Waals surface area contributed by atoms with Gasteiger partial charge in [-0.3, -0.25) is 14.4 Å². The largest absolute Gasteiger partial charge is 0.451 e. The Kier molecular flexibility index (Phi) is 7.16. The highest BCUT2D eigenvalue weighted by Gasteiger charge is 2.69. The van der Waals surface area contributed by atoms with Crippen molar-refractivity contribution in [3.63, 3.8) is 0 Å². The van der Waals surface area contributed by atoms with Gasteiger partial charge in [-0.1, -0.05) is 66.0 Å². The van der Waals surface area contributed by atoms with E-state index in [9.17, 15) is 14.4 Å². The average molecular weight is 550 g/mol. The van der Waals surface area contributed by atoms with Gasteiger partial charge in [-0.2, -0.15) is 0 Å². The van der Waals surface area contributed by atoms with Gasteiger partial charge in [0.15, 0.2) is 6.61 Å². The summed E-state index contributed by atoms with van der Waals surface area (Å²) in [5, 5.41) is 2.98. The van der Waals surface area contributed by atoms with Gasteiger partial charge in [0, 0.05) is 11.8 Å². The van der Waals surface area contributed by atoms with Gasteiger partial charge in [0.05, 0.1) is 5.41 Å². The molecule has 1 amide bonds. The number of allylic oxidation sites excluding steroid dienone is 2. The van der Waals surface area contributed by atoms with Gasteiger partial charge in [0.25, 0.3) is 0 Å². The number of esters is 1. The molecule has 4 saturated carbocycles. The minimum Gasteiger partial charge on any atom is -0.451 e. The van der Waals surface area contributed by atoms with Crippen molar-refractivity contribution >= 4 is 17.7 Å². The molecule has 9 atom stereocenters. The van der Waals surface area contributed by atoms with E-state index in [0.717, 1.165) is 51.4 Å². The maximum Gasteiger partial charge on any atom is 0.326 e. The van der Waals surface area contributed by atoms with Gasteiger partial charge >= 0.3 is 5.97 Å². The molecule has 5 aliphatic carbocycles. The van der Waals surface area contributed by atoms with Crippen LogP contribution in [0.5, 0.6) is 0 Å². The third kappa shape index (κ3) is 3.90. The maximum atomic E-state index is 14.0. The number of ether oxygens (including phenoxy) is 1. The van der Waals surface area contributed by atoms with E-state index in [4.69, 9.17) is 11.2 Å². The molecule has 5 heteroatoms. The van der Waals surface area contributed by atoms with Crippen molar-refractivity contribution in [2.24, 2.45) is 56.7 Å². The van der Waals surface area contributed by atoms with Crippen molar-refractivity contribution in [1.29, 1.82) is 0 Å². The lowest BCUT2D eigenvalue weighted by Gasteiger charge is -2.71. The summed E-state index contributed by atoms with van der Waals surface area (Å²) in [5.74, 6) is 4.33. The van der Waals surface area contributed by atoms with E-state index in [2.05, 4.69) is 65.8 Å². The summed E-state index contributed by atoms with van der Waals surface area (Å²) in [6, 6.07) is 0. The number of carbonyl (C=O) groups excluding carboxylic acids is 3. The molecular formula is C35H51NO4. The zero-order chi connectivity index (χ0) is 29.3. The Morgan fingerprint density at radius 1 is 1.02 bits per heavy atom. The van der Waals surface area contributed by atoms with Gasteiger partial charge in [0.1, 0.15) is 12.3 Å². The summed E-state index contributed by atoms with van der Waals surface area (Å²) in [4.78, 5) is 39.3. The minimum atomic E-state index is -0.493. The molecular weight excluding hydrogens is 498 g/mol. The number of Topliss-reactive ketones (excluding diaryl/α,β-unsaturated/α-hetero) is 1. The molecule has 0 unspecified atom stereocenters. The maximum absolute atomic E-state index is 14.0. The highest BCUT2D eigenvalue weighted by Crippen LogP contribution is 2.75. The number of ketones is 1. The number of fused-ring (bicyclic) bond motifs is 7. The zero-order valence-electron chi connectivity index (χ0n) is 26.0. The van der Waals surface area contributed by atoms with E-state index in [0.29, 0.717) is 35.9 Å². The van der Waals surface area contributed by atoms with Crippen LogP contribution in [0.3, 0.4) is 0 Å². The number of hydrogen-bond acceptors (Lipinski definition) is 4. The Morgan fingerprint density at radius 3 is 2.45 bits per heavy atom. The predicted octanol–water partition coefficient (Wildman–Crippen LogP) is 6.51. The highest BCUT2D eigenvalue weighted by atomic mass is 16.5. The topological polar surface area (TPSA) is 72.5 Å². The summed E-state index contributed by atoms with van der Waals surface area (Å²) < 4.78 is 5.03. The molecule has 0 aliphatic heterocycles. The van der Waals surface area contributed by atoms with Crippen molar-refractivity contribution in [3.05, 3.63) is 11.6 Å². The van der Waals surface area contributed by atoms with Crippen LogP contribution in [0.25, 0.3) is 0 Å². The van der Waals surface area contributed by atoms with E-state index in [1.54, 1.807) is 0 Å². The molecule has 1 N–H and O–H groups in total. The average Bonchev–Trinajstić information content (AvgIpc) is 2.90. The normalized spacial score (nSPS) is 45.4. The van der Waals surface area contributed by atoms with E-state index in [1.807, 2.05) is 0 Å². The lowest BCUT2D eigenvalue weighted by atomic mass is 9.33. The van der Waals surface area contributed by atoms with Gasteiger partial charge in [0.2, 0.25) is 5.91 Å². The number of terminal acetylenes is 1. The van der Waals surface area contributed by atoms with E-state index >= 15 is 0 Å². The summed E-state index contributed by atoms with van der Waals surface area (Å²) in [6.45, 7) is 16.5. The van der Waals surface area contributed by atoms with E-state index < -0.39 is 11.4 Å². The molecule has 0 spiro atoms. The molecule has 5 rings (SSSR count). The van der Waals surface area contributed by atoms with Crippen molar-refractivity contribution in [2.45, 2.75) is 106 Å².